The second kappa shape index (κ2) is 10.2. The third-order valence-corrected chi connectivity index (χ3v) is 8.57. The summed E-state index contributed by atoms with van der Waals surface area (Å²) in [5.74, 6) is 0.204. The van der Waals surface area contributed by atoms with Gasteiger partial charge in [-0.25, -0.2) is 12.7 Å². The van der Waals surface area contributed by atoms with E-state index >= 15 is 0 Å². The monoisotopic (exact) mass is 509 g/mol. The highest BCUT2D eigenvalue weighted by Gasteiger charge is 2.25. The zero-order chi connectivity index (χ0) is 23.6. The molecule has 4 rings (SSSR count). The first-order valence-corrected chi connectivity index (χ1v) is 13.9. The molecule has 0 atom stereocenters. The van der Waals surface area contributed by atoms with Gasteiger partial charge in [0.2, 0.25) is 10.0 Å². The Hall–Kier alpha value is -1.80. The molecule has 2 aromatic carbocycles. The molecule has 6 nitrogen and oxygen atoms in total. The number of anilines is 1. The average molecular weight is 510 g/mol. The van der Waals surface area contributed by atoms with E-state index in [1.165, 1.54) is 10.6 Å². The Balaban J connectivity index is 1.38. The van der Waals surface area contributed by atoms with Crippen LogP contribution in [0.4, 0.5) is 5.69 Å². The van der Waals surface area contributed by atoms with Gasteiger partial charge in [0.1, 0.15) is 0 Å². The molecule has 33 heavy (non-hydrogen) atoms. The largest absolute Gasteiger partial charge is 0.367 e. The van der Waals surface area contributed by atoms with Crippen LogP contribution in [-0.4, -0.2) is 51.1 Å². The van der Waals surface area contributed by atoms with Crippen molar-refractivity contribution in [3.8, 4) is 0 Å². The Morgan fingerprint density at radius 2 is 1.79 bits per heavy atom. The van der Waals surface area contributed by atoms with Crippen LogP contribution in [0, 0.1) is 5.92 Å². The maximum Gasteiger partial charge on any atom is 0.251 e. The number of benzene rings is 2. The maximum atomic E-state index is 12.8. The molecule has 2 aromatic rings. The third kappa shape index (κ3) is 5.83. The summed E-state index contributed by atoms with van der Waals surface area (Å²) in [7, 11) is -3.13. The number of aryl methyl sites for hydroxylation is 1. The van der Waals surface area contributed by atoms with Crippen molar-refractivity contribution >= 4 is 44.8 Å². The van der Waals surface area contributed by atoms with E-state index in [0.717, 1.165) is 49.0 Å². The van der Waals surface area contributed by atoms with Gasteiger partial charge in [-0.15, -0.1) is 0 Å². The Bertz CT molecular complexity index is 1110. The third-order valence-electron chi connectivity index (χ3n) is 6.56. The molecule has 1 saturated heterocycles. The Morgan fingerprint density at radius 3 is 2.45 bits per heavy atom. The van der Waals surface area contributed by atoms with Crippen LogP contribution < -0.4 is 10.2 Å². The second-order valence-corrected chi connectivity index (χ2v) is 11.7. The first-order chi connectivity index (χ1) is 15.7. The number of amides is 1. The molecule has 178 valence electrons. The van der Waals surface area contributed by atoms with Crippen molar-refractivity contribution in [1.29, 1.82) is 0 Å². The number of carbonyl (C=O) groups excluding carboxylic acids is 1. The molecule has 1 N–H and O–H groups in total. The first kappa shape index (κ1) is 24.3. The summed E-state index contributed by atoms with van der Waals surface area (Å²) in [5.41, 5.74) is 3.83. The van der Waals surface area contributed by atoms with Gasteiger partial charge in [0, 0.05) is 59.6 Å². The van der Waals surface area contributed by atoms with Crippen LogP contribution in [0.2, 0.25) is 10.0 Å². The minimum atomic E-state index is -3.13. The molecule has 0 saturated carbocycles. The molecule has 1 fully saturated rings. The molecule has 0 aliphatic carbocycles. The maximum absolute atomic E-state index is 12.8. The van der Waals surface area contributed by atoms with Gasteiger partial charge >= 0.3 is 0 Å². The highest BCUT2D eigenvalue weighted by atomic mass is 35.5. The van der Waals surface area contributed by atoms with Gasteiger partial charge in [0.25, 0.3) is 5.91 Å². The van der Waals surface area contributed by atoms with E-state index in [-0.39, 0.29) is 5.91 Å². The topological polar surface area (TPSA) is 69.7 Å². The lowest BCUT2D eigenvalue weighted by Gasteiger charge is -2.32. The van der Waals surface area contributed by atoms with Crippen LogP contribution >= 0.6 is 23.2 Å². The Kier molecular flexibility index (Phi) is 7.53. The lowest BCUT2D eigenvalue weighted by molar-refractivity contribution is 0.0941. The lowest BCUT2D eigenvalue weighted by atomic mass is 9.97. The van der Waals surface area contributed by atoms with Crippen LogP contribution in [0.5, 0.6) is 0 Å². The van der Waals surface area contributed by atoms with Crippen molar-refractivity contribution in [3.05, 3.63) is 63.1 Å². The van der Waals surface area contributed by atoms with Gasteiger partial charge in [0.05, 0.1) is 6.26 Å². The number of hydrogen-bond acceptors (Lipinski definition) is 4. The highest BCUT2D eigenvalue weighted by molar-refractivity contribution is 7.88. The zero-order valence-corrected chi connectivity index (χ0v) is 21.0. The number of rotatable bonds is 6. The van der Waals surface area contributed by atoms with Gasteiger partial charge in [0.15, 0.2) is 0 Å². The summed E-state index contributed by atoms with van der Waals surface area (Å²) in [4.78, 5) is 15.1. The number of halogens is 2. The van der Waals surface area contributed by atoms with Crippen molar-refractivity contribution in [3.63, 3.8) is 0 Å². The molecule has 0 spiro atoms. The number of carbonyl (C=O) groups is 1. The standard InChI is InChI=1S/C24H29Cl2N3O3S/c1-33(31,32)29-12-9-17(10-13-29)15-27-24(30)19-7-8-23-18(14-19)4-3-11-28(23)16-20-21(25)5-2-6-22(20)26/h2,5-8,14,17H,3-4,9-13,15-16H2,1H3,(H,27,30). The fourth-order valence-electron chi connectivity index (χ4n) is 4.64. The van der Waals surface area contributed by atoms with E-state index in [1.54, 1.807) is 0 Å². The lowest BCUT2D eigenvalue weighted by Crippen LogP contribution is -2.41. The minimum Gasteiger partial charge on any atom is -0.367 e. The number of hydrogen-bond donors (Lipinski definition) is 1. The summed E-state index contributed by atoms with van der Waals surface area (Å²) in [6.07, 6.45) is 4.69. The average Bonchev–Trinajstić information content (AvgIpc) is 2.79. The second-order valence-electron chi connectivity index (χ2n) is 8.88. The summed E-state index contributed by atoms with van der Waals surface area (Å²) in [5, 5.41) is 4.36. The van der Waals surface area contributed by atoms with Gasteiger partial charge in [-0.2, -0.15) is 0 Å². The van der Waals surface area contributed by atoms with Crippen molar-refractivity contribution in [1.82, 2.24) is 9.62 Å². The SMILES string of the molecule is CS(=O)(=O)N1CCC(CNC(=O)c2ccc3c(c2)CCCN3Cc2c(Cl)cccc2Cl)CC1. The van der Waals surface area contributed by atoms with Crippen molar-refractivity contribution in [2.45, 2.75) is 32.2 Å². The molecule has 2 heterocycles. The minimum absolute atomic E-state index is 0.0883. The molecule has 0 aromatic heterocycles. The van der Waals surface area contributed by atoms with Crippen LogP contribution in [0.15, 0.2) is 36.4 Å². The number of sulfonamides is 1. The Morgan fingerprint density at radius 1 is 1.09 bits per heavy atom. The molecule has 2 aliphatic heterocycles. The summed E-state index contributed by atoms with van der Waals surface area (Å²) < 4.78 is 24.8. The van der Waals surface area contributed by atoms with Gasteiger partial charge in [-0.3, -0.25) is 4.79 Å². The summed E-state index contributed by atoms with van der Waals surface area (Å²) >= 11 is 12.8. The Labute approximate surface area is 205 Å². The fraction of sp³-hybridized carbons (Fsp3) is 0.458. The normalized spacial score (nSPS) is 17.6. The molecule has 2 aliphatic rings. The first-order valence-electron chi connectivity index (χ1n) is 11.3. The van der Waals surface area contributed by atoms with E-state index in [2.05, 4.69) is 10.2 Å². The van der Waals surface area contributed by atoms with Crippen LogP contribution in [-0.2, 0) is 23.0 Å². The predicted octanol–water partition coefficient (Wildman–Crippen LogP) is 4.35. The number of nitrogens with zero attached hydrogens (tertiary/aromatic N) is 2. The quantitative estimate of drug-likeness (QED) is 0.628. The van der Waals surface area contributed by atoms with Crippen molar-refractivity contribution < 1.29 is 13.2 Å². The van der Waals surface area contributed by atoms with Gasteiger partial charge in [-0.1, -0.05) is 29.3 Å². The van der Waals surface area contributed by atoms with Crippen molar-refractivity contribution in [2.75, 3.05) is 37.3 Å². The molecule has 0 bridgehead atoms. The van der Waals surface area contributed by atoms with E-state index in [0.29, 0.717) is 47.7 Å². The van der Waals surface area contributed by atoms with Crippen LogP contribution in [0.1, 0.15) is 40.7 Å². The molecule has 0 radical (unpaired) electrons. The number of nitrogens with one attached hydrogen (secondary N) is 1. The van der Waals surface area contributed by atoms with Crippen LogP contribution in [0.25, 0.3) is 0 Å². The highest BCUT2D eigenvalue weighted by Crippen LogP contribution is 2.33. The fourth-order valence-corrected chi connectivity index (χ4v) is 6.03. The number of fused-ring (bicyclic) bond motifs is 1. The zero-order valence-electron chi connectivity index (χ0n) is 18.7. The molecule has 1 amide bonds. The molecular formula is C24H29Cl2N3O3S. The molecular weight excluding hydrogens is 481 g/mol. The van der Waals surface area contributed by atoms with Crippen molar-refractivity contribution in [2.24, 2.45) is 5.92 Å². The molecule has 9 heteroatoms. The van der Waals surface area contributed by atoms with E-state index in [1.807, 2.05) is 36.4 Å². The summed E-state index contributed by atoms with van der Waals surface area (Å²) in [6.45, 7) is 3.13. The smallest absolute Gasteiger partial charge is 0.251 e. The van der Waals surface area contributed by atoms with E-state index in [4.69, 9.17) is 23.2 Å². The molecule has 0 unspecified atom stereocenters. The van der Waals surface area contributed by atoms with Crippen LogP contribution in [0.3, 0.4) is 0 Å². The van der Waals surface area contributed by atoms with Gasteiger partial charge < -0.3 is 10.2 Å². The van der Waals surface area contributed by atoms with E-state index < -0.39 is 10.0 Å². The number of piperidine rings is 1. The van der Waals surface area contributed by atoms with E-state index in [9.17, 15) is 13.2 Å². The predicted molar refractivity (Wildman–Crippen MR) is 134 cm³/mol. The van der Waals surface area contributed by atoms with Gasteiger partial charge in [-0.05, 0) is 67.5 Å². The summed E-state index contributed by atoms with van der Waals surface area (Å²) in [6, 6.07) is 11.4.